The number of methoxy groups -OCH3 is 1. The largest absolute Gasteiger partial charge is 0.375 e. The van der Waals surface area contributed by atoms with Gasteiger partial charge in [0.25, 0.3) is 0 Å². The number of amides is 1. The van der Waals surface area contributed by atoms with E-state index in [9.17, 15) is 9.18 Å². The molecule has 0 aliphatic carbocycles. The highest BCUT2D eigenvalue weighted by atomic mass is 35.5. The number of hydrogen-bond acceptors (Lipinski definition) is 3. The van der Waals surface area contributed by atoms with Crippen molar-refractivity contribution in [2.75, 3.05) is 39.9 Å². The van der Waals surface area contributed by atoms with E-state index in [-0.39, 0.29) is 23.4 Å². The summed E-state index contributed by atoms with van der Waals surface area (Å²) in [5.74, 6) is -0.354. The molecule has 0 bridgehead atoms. The summed E-state index contributed by atoms with van der Waals surface area (Å²) in [4.78, 5) is 15.6. The Bertz CT molecular complexity index is 476. The van der Waals surface area contributed by atoms with Gasteiger partial charge in [-0.1, -0.05) is 23.7 Å². The number of ether oxygens (including phenoxy) is 1. The summed E-state index contributed by atoms with van der Waals surface area (Å²) in [7, 11) is 1.51. The third kappa shape index (κ3) is 3.69. The Morgan fingerprint density at radius 2 is 2.05 bits per heavy atom. The minimum atomic E-state index is -0.355. The standard InChI is InChI=1S/C14H18ClFN2O2/c1-20-10-13(19)18-7-5-17(6-8-18)9-11-3-2-4-12(15)14(11)16/h2-4H,5-10H2,1H3. The first-order valence-corrected chi connectivity index (χ1v) is 6.91. The molecule has 0 unspecified atom stereocenters. The van der Waals surface area contributed by atoms with Crippen molar-refractivity contribution in [3.63, 3.8) is 0 Å². The fraction of sp³-hybridized carbons (Fsp3) is 0.500. The van der Waals surface area contributed by atoms with Crippen molar-refractivity contribution in [3.8, 4) is 0 Å². The summed E-state index contributed by atoms with van der Waals surface area (Å²) in [5.41, 5.74) is 0.592. The van der Waals surface area contributed by atoms with Gasteiger partial charge in [0.15, 0.2) is 0 Å². The summed E-state index contributed by atoms with van der Waals surface area (Å²) in [6.07, 6.45) is 0. The third-order valence-corrected chi connectivity index (χ3v) is 3.71. The molecule has 0 N–H and O–H groups in total. The summed E-state index contributed by atoms with van der Waals surface area (Å²) in [6.45, 7) is 3.36. The lowest BCUT2D eigenvalue weighted by Crippen LogP contribution is -2.49. The molecule has 2 rings (SSSR count). The number of carbonyl (C=O) groups is 1. The zero-order chi connectivity index (χ0) is 14.5. The van der Waals surface area contributed by atoms with Gasteiger partial charge in [-0.3, -0.25) is 9.69 Å². The molecule has 0 saturated carbocycles. The van der Waals surface area contributed by atoms with Crippen LogP contribution in [-0.2, 0) is 16.1 Å². The number of hydrogen-bond donors (Lipinski definition) is 0. The Balaban J connectivity index is 1.88. The van der Waals surface area contributed by atoms with Gasteiger partial charge in [-0.05, 0) is 6.07 Å². The van der Waals surface area contributed by atoms with Crippen LogP contribution < -0.4 is 0 Å². The van der Waals surface area contributed by atoms with Gasteiger partial charge in [0.2, 0.25) is 5.91 Å². The van der Waals surface area contributed by atoms with Crippen LogP contribution in [0.3, 0.4) is 0 Å². The molecule has 1 fully saturated rings. The molecule has 0 spiro atoms. The molecule has 110 valence electrons. The zero-order valence-electron chi connectivity index (χ0n) is 11.4. The number of benzene rings is 1. The maximum absolute atomic E-state index is 13.8. The van der Waals surface area contributed by atoms with E-state index in [0.29, 0.717) is 25.2 Å². The van der Waals surface area contributed by atoms with Gasteiger partial charge in [0, 0.05) is 45.4 Å². The lowest BCUT2D eigenvalue weighted by Gasteiger charge is -2.34. The van der Waals surface area contributed by atoms with Gasteiger partial charge in [0.1, 0.15) is 12.4 Å². The molecule has 1 aliphatic heterocycles. The molecule has 1 aromatic carbocycles. The van der Waals surface area contributed by atoms with E-state index in [2.05, 4.69) is 4.90 Å². The average Bonchev–Trinajstić information content (AvgIpc) is 2.45. The van der Waals surface area contributed by atoms with Crippen LogP contribution in [0.5, 0.6) is 0 Å². The third-order valence-electron chi connectivity index (χ3n) is 3.42. The molecule has 1 aromatic rings. The Kier molecular flexibility index (Phi) is 5.34. The summed E-state index contributed by atoms with van der Waals surface area (Å²) in [5, 5.41) is 0.149. The molecule has 0 atom stereocenters. The van der Waals surface area contributed by atoms with Gasteiger partial charge in [-0.25, -0.2) is 4.39 Å². The van der Waals surface area contributed by atoms with Crippen LogP contribution in [-0.4, -0.2) is 55.6 Å². The second-order valence-electron chi connectivity index (χ2n) is 4.80. The monoisotopic (exact) mass is 300 g/mol. The van der Waals surface area contributed by atoms with Gasteiger partial charge in [-0.15, -0.1) is 0 Å². The van der Waals surface area contributed by atoms with Gasteiger partial charge < -0.3 is 9.64 Å². The van der Waals surface area contributed by atoms with Crippen LogP contribution in [0.4, 0.5) is 4.39 Å². The topological polar surface area (TPSA) is 32.8 Å². The second kappa shape index (κ2) is 7.02. The van der Waals surface area contributed by atoms with E-state index >= 15 is 0 Å². The lowest BCUT2D eigenvalue weighted by atomic mass is 10.2. The minimum Gasteiger partial charge on any atom is -0.375 e. The van der Waals surface area contributed by atoms with Crippen LogP contribution in [0, 0.1) is 5.82 Å². The first kappa shape index (κ1) is 15.2. The molecule has 0 aromatic heterocycles. The van der Waals surface area contributed by atoms with E-state index in [0.717, 1.165) is 13.1 Å². The zero-order valence-corrected chi connectivity index (χ0v) is 12.2. The molecule has 4 nitrogen and oxygen atoms in total. The van der Waals surface area contributed by atoms with E-state index in [1.807, 2.05) is 0 Å². The van der Waals surface area contributed by atoms with Crippen LogP contribution in [0.15, 0.2) is 18.2 Å². The molecule has 1 aliphatic rings. The second-order valence-corrected chi connectivity index (χ2v) is 5.21. The van der Waals surface area contributed by atoms with Gasteiger partial charge >= 0.3 is 0 Å². The highest BCUT2D eigenvalue weighted by Crippen LogP contribution is 2.19. The lowest BCUT2D eigenvalue weighted by molar-refractivity contribution is -0.136. The van der Waals surface area contributed by atoms with Crippen molar-refractivity contribution < 1.29 is 13.9 Å². The van der Waals surface area contributed by atoms with Crippen molar-refractivity contribution in [1.29, 1.82) is 0 Å². The fourth-order valence-electron chi connectivity index (χ4n) is 2.28. The number of rotatable bonds is 4. The summed E-state index contributed by atoms with van der Waals surface area (Å²) < 4.78 is 18.7. The highest BCUT2D eigenvalue weighted by molar-refractivity contribution is 6.30. The minimum absolute atomic E-state index is 0.00101. The first-order valence-electron chi connectivity index (χ1n) is 6.53. The van der Waals surface area contributed by atoms with Crippen LogP contribution in [0.1, 0.15) is 5.56 Å². The molecule has 0 radical (unpaired) electrons. The maximum Gasteiger partial charge on any atom is 0.248 e. The van der Waals surface area contributed by atoms with Crippen molar-refractivity contribution >= 4 is 17.5 Å². The highest BCUT2D eigenvalue weighted by Gasteiger charge is 2.21. The fourth-order valence-corrected chi connectivity index (χ4v) is 2.48. The molecule has 6 heteroatoms. The number of carbonyl (C=O) groups excluding carboxylic acids is 1. The molecule has 1 saturated heterocycles. The molecular weight excluding hydrogens is 283 g/mol. The van der Waals surface area contributed by atoms with Crippen molar-refractivity contribution in [1.82, 2.24) is 9.80 Å². The number of halogens is 2. The predicted molar refractivity (Wildman–Crippen MR) is 75.1 cm³/mol. The Morgan fingerprint density at radius 1 is 1.35 bits per heavy atom. The van der Waals surface area contributed by atoms with E-state index < -0.39 is 0 Å². The average molecular weight is 301 g/mol. The smallest absolute Gasteiger partial charge is 0.248 e. The molecule has 20 heavy (non-hydrogen) atoms. The quantitative estimate of drug-likeness (QED) is 0.849. The van der Waals surface area contributed by atoms with Gasteiger partial charge in [0.05, 0.1) is 5.02 Å². The molecule has 1 heterocycles. The van der Waals surface area contributed by atoms with Crippen molar-refractivity contribution in [2.24, 2.45) is 0 Å². The first-order chi connectivity index (χ1) is 9.61. The van der Waals surface area contributed by atoms with Crippen LogP contribution in [0.25, 0.3) is 0 Å². The predicted octanol–water partition coefficient (Wildman–Crippen LogP) is 1.77. The Hall–Kier alpha value is -1.17. The number of nitrogens with zero attached hydrogens (tertiary/aromatic N) is 2. The Labute approximate surface area is 123 Å². The normalized spacial score (nSPS) is 16.4. The van der Waals surface area contributed by atoms with E-state index in [1.165, 1.54) is 7.11 Å². The SMILES string of the molecule is COCC(=O)N1CCN(Cc2cccc(Cl)c2F)CC1. The van der Waals surface area contributed by atoms with E-state index in [1.54, 1.807) is 23.1 Å². The Morgan fingerprint density at radius 3 is 2.70 bits per heavy atom. The van der Waals surface area contributed by atoms with Gasteiger partial charge in [-0.2, -0.15) is 0 Å². The number of piperazine rings is 1. The maximum atomic E-state index is 13.8. The molecule has 1 amide bonds. The van der Waals surface area contributed by atoms with E-state index in [4.69, 9.17) is 16.3 Å². The van der Waals surface area contributed by atoms with Crippen molar-refractivity contribution in [3.05, 3.63) is 34.6 Å². The molecular formula is C14H18ClFN2O2. The van der Waals surface area contributed by atoms with Crippen LogP contribution >= 0.6 is 11.6 Å². The van der Waals surface area contributed by atoms with Crippen LogP contribution in [0.2, 0.25) is 5.02 Å². The van der Waals surface area contributed by atoms with Crippen molar-refractivity contribution in [2.45, 2.75) is 6.54 Å². The summed E-state index contributed by atoms with van der Waals surface area (Å²) in [6, 6.07) is 5.03. The summed E-state index contributed by atoms with van der Waals surface area (Å²) >= 11 is 5.77.